The van der Waals surface area contributed by atoms with E-state index in [2.05, 4.69) is 20.2 Å². The summed E-state index contributed by atoms with van der Waals surface area (Å²) in [5.74, 6) is -0.607. The Balaban J connectivity index is 1.84. The normalized spacial score (nSPS) is 11.1. The number of carbonyl (C=O) groups excluding carboxylic acids is 1. The Hall–Kier alpha value is -2.84. The van der Waals surface area contributed by atoms with Crippen LogP contribution in [0, 0.1) is 0 Å². The highest BCUT2D eigenvalue weighted by atomic mass is 35.5. The zero-order valence-electron chi connectivity index (χ0n) is 12.7. The van der Waals surface area contributed by atoms with Crippen LogP contribution in [0.15, 0.2) is 65.8 Å². The van der Waals surface area contributed by atoms with E-state index in [1.807, 2.05) is 0 Å². The maximum absolute atomic E-state index is 12.5. The summed E-state index contributed by atoms with van der Waals surface area (Å²) >= 11 is 5.79. The number of benzene rings is 2. The smallest absolute Gasteiger partial charge is 0.279 e. The van der Waals surface area contributed by atoms with Gasteiger partial charge >= 0.3 is 0 Å². The van der Waals surface area contributed by atoms with Crippen molar-refractivity contribution in [2.75, 3.05) is 10.0 Å². The van der Waals surface area contributed by atoms with Crippen molar-refractivity contribution in [3.63, 3.8) is 0 Å². The number of rotatable bonds is 5. The molecule has 0 saturated heterocycles. The van der Waals surface area contributed by atoms with E-state index in [4.69, 9.17) is 11.6 Å². The highest BCUT2D eigenvalue weighted by Crippen LogP contribution is 2.19. The van der Waals surface area contributed by atoms with Gasteiger partial charge in [-0.15, -0.1) is 0 Å². The third kappa shape index (κ3) is 3.98. The van der Waals surface area contributed by atoms with E-state index in [0.717, 1.165) is 6.20 Å². The predicted octanol–water partition coefficient (Wildman–Crippen LogP) is 3.12. The van der Waals surface area contributed by atoms with Crippen LogP contribution in [0.5, 0.6) is 0 Å². The maximum Gasteiger partial charge on any atom is 0.279 e. The molecular weight excluding hydrogens is 364 g/mol. The molecule has 3 N–H and O–H groups in total. The first-order valence-corrected chi connectivity index (χ1v) is 9.00. The van der Waals surface area contributed by atoms with Crippen molar-refractivity contribution in [2.45, 2.75) is 5.03 Å². The van der Waals surface area contributed by atoms with Gasteiger partial charge in [0.25, 0.3) is 15.9 Å². The summed E-state index contributed by atoms with van der Waals surface area (Å²) in [6, 6.07) is 14.8. The highest BCUT2D eigenvalue weighted by Gasteiger charge is 2.25. The molecule has 0 aliphatic carbocycles. The minimum absolute atomic E-state index is 0.0987. The quantitative estimate of drug-likeness (QED) is 0.636. The molecule has 9 heteroatoms. The summed E-state index contributed by atoms with van der Waals surface area (Å²) in [5, 5.41) is 8.85. The molecule has 1 heterocycles. The van der Waals surface area contributed by atoms with Crippen LogP contribution in [0.2, 0.25) is 5.02 Å². The Labute approximate surface area is 149 Å². The number of nitrogens with zero attached hydrogens (tertiary/aromatic N) is 1. The zero-order chi connectivity index (χ0) is 17.9. The van der Waals surface area contributed by atoms with Gasteiger partial charge in [0.15, 0.2) is 5.03 Å². The molecule has 0 saturated carbocycles. The van der Waals surface area contributed by atoms with Crippen LogP contribution in [0.25, 0.3) is 0 Å². The van der Waals surface area contributed by atoms with Gasteiger partial charge in [-0.25, -0.2) is 0 Å². The lowest BCUT2D eigenvalue weighted by molar-refractivity contribution is 0.102. The van der Waals surface area contributed by atoms with E-state index < -0.39 is 15.9 Å². The Morgan fingerprint density at radius 1 is 1.00 bits per heavy atom. The van der Waals surface area contributed by atoms with Crippen molar-refractivity contribution in [3.8, 4) is 0 Å². The third-order valence-electron chi connectivity index (χ3n) is 3.25. The molecule has 0 radical (unpaired) electrons. The van der Waals surface area contributed by atoms with E-state index in [0.29, 0.717) is 16.4 Å². The van der Waals surface area contributed by atoms with Crippen molar-refractivity contribution >= 4 is 38.9 Å². The number of para-hydroxylation sites is 1. The third-order valence-corrected chi connectivity index (χ3v) is 4.85. The van der Waals surface area contributed by atoms with Crippen LogP contribution in [-0.2, 0) is 10.0 Å². The van der Waals surface area contributed by atoms with Crippen molar-refractivity contribution in [2.24, 2.45) is 0 Å². The number of nitrogens with one attached hydrogen (secondary N) is 3. The van der Waals surface area contributed by atoms with Gasteiger partial charge in [0.05, 0.1) is 11.8 Å². The lowest BCUT2D eigenvalue weighted by atomic mass is 10.3. The van der Waals surface area contributed by atoms with Crippen LogP contribution in [0.3, 0.4) is 0 Å². The summed E-state index contributed by atoms with van der Waals surface area (Å²) in [5.41, 5.74) is 0.759. The molecule has 128 valence electrons. The predicted molar refractivity (Wildman–Crippen MR) is 95.2 cm³/mol. The average molecular weight is 377 g/mol. The van der Waals surface area contributed by atoms with Crippen LogP contribution in [0.4, 0.5) is 11.4 Å². The Morgan fingerprint density at radius 2 is 1.68 bits per heavy atom. The molecule has 0 atom stereocenters. The van der Waals surface area contributed by atoms with Gasteiger partial charge in [0.1, 0.15) is 0 Å². The minimum Gasteiger partial charge on any atom is -0.322 e. The number of hydrogen-bond acceptors (Lipinski definition) is 4. The molecular formula is C16H13ClN4O3S. The number of aromatic nitrogens is 2. The monoisotopic (exact) mass is 376 g/mol. The second kappa shape index (κ2) is 6.96. The van der Waals surface area contributed by atoms with Crippen molar-refractivity contribution in [1.29, 1.82) is 0 Å². The molecule has 1 amide bonds. The first-order valence-electron chi connectivity index (χ1n) is 7.14. The molecule has 0 bridgehead atoms. The maximum atomic E-state index is 12.5. The molecule has 0 spiro atoms. The summed E-state index contributed by atoms with van der Waals surface area (Å²) < 4.78 is 27.4. The molecule has 7 nitrogen and oxygen atoms in total. The molecule has 0 fully saturated rings. The number of carbonyl (C=O) groups is 1. The SMILES string of the molecule is O=C(Nc1ccc(Cl)cc1)c1cn[nH]c1S(=O)(=O)Nc1ccccc1. The fourth-order valence-corrected chi connectivity index (χ4v) is 3.37. The van der Waals surface area contributed by atoms with Crippen LogP contribution < -0.4 is 10.0 Å². The van der Waals surface area contributed by atoms with Gasteiger partial charge in [-0.3, -0.25) is 14.6 Å². The van der Waals surface area contributed by atoms with Gasteiger partial charge in [-0.1, -0.05) is 29.8 Å². The summed E-state index contributed by atoms with van der Waals surface area (Å²) in [4.78, 5) is 12.4. The van der Waals surface area contributed by atoms with Crippen molar-refractivity contribution in [1.82, 2.24) is 10.2 Å². The average Bonchev–Trinajstić information content (AvgIpc) is 3.08. The fourth-order valence-electron chi connectivity index (χ4n) is 2.08. The van der Waals surface area contributed by atoms with E-state index in [-0.39, 0.29) is 10.6 Å². The van der Waals surface area contributed by atoms with Crippen LogP contribution in [-0.4, -0.2) is 24.5 Å². The highest BCUT2D eigenvalue weighted by molar-refractivity contribution is 7.92. The Kier molecular flexibility index (Phi) is 4.73. The Bertz CT molecular complexity index is 986. The Morgan fingerprint density at radius 3 is 2.36 bits per heavy atom. The number of aromatic amines is 1. The minimum atomic E-state index is -3.99. The summed E-state index contributed by atoms with van der Waals surface area (Å²) in [6.07, 6.45) is 1.16. The number of hydrogen-bond donors (Lipinski definition) is 3. The van der Waals surface area contributed by atoms with E-state index in [9.17, 15) is 13.2 Å². The molecule has 1 aromatic heterocycles. The first kappa shape index (κ1) is 17.0. The molecule has 25 heavy (non-hydrogen) atoms. The van der Waals surface area contributed by atoms with E-state index in [1.54, 1.807) is 54.6 Å². The number of anilines is 2. The summed E-state index contributed by atoms with van der Waals surface area (Å²) in [6.45, 7) is 0. The standard InChI is InChI=1S/C16H13ClN4O3S/c17-11-6-8-12(9-7-11)19-15(22)14-10-18-20-16(14)25(23,24)21-13-4-2-1-3-5-13/h1-10,21H,(H,18,20)(H,19,22). The molecule has 0 unspecified atom stereocenters. The van der Waals surface area contributed by atoms with Gasteiger partial charge in [0.2, 0.25) is 0 Å². The first-order chi connectivity index (χ1) is 12.0. The zero-order valence-corrected chi connectivity index (χ0v) is 14.3. The largest absolute Gasteiger partial charge is 0.322 e. The number of halogens is 1. The molecule has 3 rings (SSSR count). The molecule has 2 aromatic carbocycles. The fraction of sp³-hybridized carbons (Fsp3) is 0. The molecule has 0 aliphatic rings. The number of sulfonamides is 1. The lowest BCUT2D eigenvalue weighted by Gasteiger charge is -2.09. The van der Waals surface area contributed by atoms with Crippen LogP contribution >= 0.6 is 11.6 Å². The van der Waals surface area contributed by atoms with Gasteiger partial charge in [-0.2, -0.15) is 13.5 Å². The number of H-pyrrole nitrogens is 1. The number of amides is 1. The topological polar surface area (TPSA) is 104 Å². The second-order valence-electron chi connectivity index (χ2n) is 5.05. The van der Waals surface area contributed by atoms with Gasteiger partial charge in [-0.05, 0) is 36.4 Å². The van der Waals surface area contributed by atoms with E-state index in [1.165, 1.54) is 0 Å². The molecule has 0 aliphatic heterocycles. The van der Waals surface area contributed by atoms with Crippen molar-refractivity contribution in [3.05, 3.63) is 71.4 Å². The van der Waals surface area contributed by atoms with Crippen LogP contribution in [0.1, 0.15) is 10.4 Å². The van der Waals surface area contributed by atoms with Gasteiger partial charge in [0, 0.05) is 16.4 Å². The molecule has 3 aromatic rings. The van der Waals surface area contributed by atoms with E-state index >= 15 is 0 Å². The second-order valence-corrected chi connectivity index (χ2v) is 7.10. The lowest BCUT2D eigenvalue weighted by Crippen LogP contribution is -2.19. The van der Waals surface area contributed by atoms with Crippen molar-refractivity contribution < 1.29 is 13.2 Å². The van der Waals surface area contributed by atoms with Gasteiger partial charge < -0.3 is 5.32 Å². The summed E-state index contributed by atoms with van der Waals surface area (Å²) in [7, 11) is -3.99.